The molecule has 0 aliphatic carbocycles. The maximum absolute atomic E-state index is 11.7. The predicted molar refractivity (Wildman–Crippen MR) is 63.4 cm³/mol. The topological polar surface area (TPSA) is 49.8 Å². The van der Waals surface area contributed by atoms with Gasteiger partial charge in [-0.05, 0) is 11.1 Å². The van der Waals surface area contributed by atoms with E-state index in [2.05, 4.69) is 0 Å². The Morgan fingerprint density at radius 2 is 2.12 bits per heavy atom. The molecular formula is C13H15NO3. The highest BCUT2D eigenvalue weighted by atomic mass is 16.6. The molecule has 17 heavy (non-hydrogen) atoms. The number of aliphatic hydroxyl groups excluding tert-OH is 1. The zero-order valence-electron chi connectivity index (χ0n) is 9.50. The summed E-state index contributed by atoms with van der Waals surface area (Å²) in [6.07, 6.45) is 1.51. The summed E-state index contributed by atoms with van der Waals surface area (Å²) in [5.41, 5.74) is 1.83. The van der Waals surface area contributed by atoms with Gasteiger partial charge in [-0.1, -0.05) is 36.4 Å². The SMILES string of the molecule is O=C(OCc1ccccc1)N1CC=C(CO)C1. The second-order valence-electron chi connectivity index (χ2n) is 3.94. The fraction of sp³-hybridized carbons (Fsp3) is 0.308. The van der Waals surface area contributed by atoms with E-state index in [1.54, 1.807) is 4.90 Å². The lowest BCUT2D eigenvalue weighted by Gasteiger charge is -2.16. The van der Waals surface area contributed by atoms with E-state index in [4.69, 9.17) is 9.84 Å². The van der Waals surface area contributed by atoms with Crippen LogP contribution in [-0.2, 0) is 11.3 Å². The molecule has 0 radical (unpaired) electrons. The van der Waals surface area contributed by atoms with Crippen molar-refractivity contribution in [2.24, 2.45) is 0 Å². The zero-order valence-corrected chi connectivity index (χ0v) is 9.50. The summed E-state index contributed by atoms with van der Waals surface area (Å²) in [4.78, 5) is 13.2. The molecule has 1 heterocycles. The molecule has 0 unspecified atom stereocenters. The third-order valence-electron chi connectivity index (χ3n) is 2.66. The van der Waals surface area contributed by atoms with Crippen LogP contribution in [0.2, 0.25) is 0 Å². The van der Waals surface area contributed by atoms with Crippen molar-refractivity contribution < 1.29 is 14.6 Å². The van der Waals surface area contributed by atoms with Crippen LogP contribution in [0.5, 0.6) is 0 Å². The largest absolute Gasteiger partial charge is 0.445 e. The predicted octanol–water partition coefficient (Wildman–Crippen LogP) is 1.56. The molecule has 0 bridgehead atoms. The van der Waals surface area contributed by atoms with Gasteiger partial charge in [-0.3, -0.25) is 0 Å². The van der Waals surface area contributed by atoms with Crippen molar-refractivity contribution in [3.05, 3.63) is 47.5 Å². The van der Waals surface area contributed by atoms with Gasteiger partial charge in [0.2, 0.25) is 0 Å². The molecule has 0 aromatic heterocycles. The van der Waals surface area contributed by atoms with Gasteiger partial charge in [-0.2, -0.15) is 0 Å². The number of rotatable bonds is 3. The van der Waals surface area contributed by atoms with Crippen molar-refractivity contribution in [1.29, 1.82) is 0 Å². The molecule has 4 heteroatoms. The highest BCUT2D eigenvalue weighted by Crippen LogP contribution is 2.10. The summed E-state index contributed by atoms with van der Waals surface area (Å²) in [6.45, 7) is 1.26. The molecule has 90 valence electrons. The standard InChI is InChI=1S/C13H15NO3/c15-9-12-6-7-14(8-12)13(16)17-10-11-4-2-1-3-5-11/h1-6,15H,7-10H2. The average Bonchev–Trinajstić information content (AvgIpc) is 2.86. The van der Waals surface area contributed by atoms with Crippen molar-refractivity contribution in [2.45, 2.75) is 6.61 Å². The van der Waals surface area contributed by atoms with Crippen molar-refractivity contribution in [3.63, 3.8) is 0 Å². The number of nitrogens with zero attached hydrogens (tertiary/aromatic N) is 1. The van der Waals surface area contributed by atoms with Crippen LogP contribution in [0.15, 0.2) is 42.0 Å². The van der Waals surface area contributed by atoms with Crippen molar-refractivity contribution in [3.8, 4) is 0 Å². The normalized spacial score (nSPS) is 14.6. The lowest BCUT2D eigenvalue weighted by molar-refractivity contribution is 0.105. The van der Waals surface area contributed by atoms with E-state index in [1.807, 2.05) is 36.4 Å². The molecule has 2 rings (SSSR count). The number of ether oxygens (including phenoxy) is 1. The molecule has 1 aliphatic rings. The van der Waals surface area contributed by atoms with Crippen molar-refractivity contribution >= 4 is 6.09 Å². The van der Waals surface area contributed by atoms with Crippen LogP contribution in [0, 0.1) is 0 Å². The van der Waals surface area contributed by atoms with Crippen molar-refractivity contribution in [2.75, 3.05) is 19.7 Å². The summed E-state index contributed by atoms with van der Waals surface area (Å²) in [5, 5.41) is 8.93. The number of carbonyl (C=O) groups is 1. The molecule has 0 saturated heterocycles. The van der Waals surface area contributed by atoms with E-state index in [0.29, 0.717) is 13.1 Å². The van der Waals surface area contributed by atoms with Gasteiger partial charge in [0.25, 0.3) is 0 Å². The molecule has 1 aromatic carbocycles. The molecule has 0 atom stereocenters. The van der Waals surface area contributed by atoms with Crippen LogP contribution in [-0.4, -0.2) is 35.8 Å². The first kappa shape index (κ1) is 11.7. The number of aliphatic hydroxyl groups is 1. The van der Waals surface area contributed by atoms with Gasteiger partial charge in [-0.25, -0.2) is 4.79 Å². The van der Waals surface area contributed by atoms with Crippen LogP contribution < -0.4 is 0 Å². The van der Waals surface area contributed by atoms with Gasteiger partial charge in [-0.15, -0.1) is 0 Å². The quantitative estimate of drug-likeness (QED) is 0.806. The molecule has 1 N–H and O–H groups in total. The van der Waals surface area contributed by atoms with E-state index in [9.17, 15) is 4.79 Å². The van der Waals surface area contributed by atoms with Gasteiger partial charge >= 0.3 is 6.09 Å². The lowest BCUT2D eigenvalue weighted by Crippen LogP contribution is -2.29. The minimum atomic E-state index is -0.339. The molecule has 0 fully saturated rings. The third-order valence-corrected chi connectivity index (χ3v) is 2.66. The van der Waals surface area contributed by atoms with E-state index in [0.717, 1.165) is 11.1 Å². The minimum absolute atomic E-state index is 0.00245. The van der Waals surface area contributed by atoms with Crippen LogP contribution in [0.3, 0.4) is 0 Å². The fourth-order valence-electron chi connectivity index (χ4n) is 1.68. The Hall–Kier alpha value is -1.81. The maximum Gasteiger partial charge on any atom is 0.410 e. The Morgan fingerprint density at radius 1 is 1.35 bits per heavy atom. The van der Waals surface area contributed by atoms with Crippen LogP contribution in [0.25, 0.3) is 0 Å². The summed E-state index contributed by atoms with van der Waals surface area (Å²) in [7, 11) is 0. The number of hydrogen-bond acceptors (Lipinski definition) is 3. The monoisotopic (exact) mass is 233 g/mol. The van der Waals surface area contributed by atoms with E-state index in [-0.39, 0.29) is 19.3 Å². The second kappa shape index (κ2) is 5.50. The summed E-state index contributed by atoms with van der Waals surface area (Å²) < 4.78 is 5.18. The lowest BCUT2D eigenvalue weighted by atomic mass is 10.2. The zero-order chi connectivity index (χ0) is 12.1. The van der Waals surface area contributed by atoms with Gasteiger partial charge < -0.3 is 14.7 Å². The highest BCUT2D eigenvalue weighted by Gasteiger charge is 2.20. The Bertz CT molecular complexity index is 414. The van der Waals surface area contributed by atoms with Crippen molar-refractivity contribution in [1.82, 2.24) is 4.90 Å². The summed E-state index contributed by atoms with van der Waals surface area (Å²) in [5.74, 6) is 0. The molecule has 0 spiro atoms. The Kier molecular flexibility index (Phi) is 3.77. The molecule has 0 saturated carbocycles. The molecule has 1 amide bonds. The first-order chi connectivity index (χ1) is 8.29. The Labute approximate surface area is 100 Å². The third kappa shape index (κ3) is 3.07. The number of carbonyl (C=O) groups excluding carboxylic acids is 1. The van der Waals surface area contributed by atoms with Gasteiger partial charge in [0.15, 0.2) is 0 Å². The number of benzene rings is 1. The van der Waals surface area contributed by atoms with E-state index >= 15 is 0 Å². The second-order valence-corrected chi connectivity index (χ2v) is 3.94. The molecule has 1 aliphatic heterocycles. The number of amides is 1. The summed E-state index contributed by atoms with van der Waals surface area (Å²) in [6, 6.07) is 9.56. The first-order valence-corrected chi connectivity index (χ1v) is 5.54. The Balaban J connectivity index is 1.79. The summed E-state index contributed by atoms with van der Waals surface area (Å²) >= 11 is 0. The van der Waals surface area contributed by atoms with Crippen LogP contribution in [0.1, 0.15) is 5.56 Å². The van der Waals surface area contributed by atoms with Crippen LogP contribution >= 0.6 is 0 Å². The average molecular weight is 233 g/mol. The van der Waals surface area contributed by atoms with Crippen LogP contribution in [0.4, 0.5) is 4.79 Å². The first-order valence-electron chi connectivity index (χ1n) is 5.54. The molecule has 4 nitrogen and oxygen atoms in total. The Morgan fingerprint density at radius 3 is 2.76 bits per heavy atom. The van der Waals surface area contributed by atoms with Gasteiger partial charge in [0.05, 0.1) is 6.61 Å². The smallest absolute Gasteiger partial charge is 0.410 e. The van der Waals surface area contributed by atoms with E-state index < -0.39 is 0 Å². The maximum atomic E-state index is 11.7. The van der Waals surface area contributed by atoms with Gasteiger partial charge in [0.1, 0.15) is 6.61 Å². The highest BCUT2D eigenvalue weighted by molar-refractivity contribution is 5.69. The fourth-order valence-corrected chi connectivity index (χ4v) is 1.68. The minimum Gasteiger partial charge on any atom is -0.445 e. The number of hydrogen-bond donors (Lipinski definition) is 1. The van der Waals surface area contributed by atoms with Gasteiger partial charge in [0, 0.05) is 13.1 Å². The van der Waals surface area contributed by atoms with E-state index in [1.165, 1.54) is 0 Å². The molecular weight excluding hydrogens is 218 g/mol. The molecule has 1 aromatic rings.